The highest BCUT2D eigenvalue weighted by molar-refractivity contribution is 9.10. The first-order valence-corrected chi connectivity index (χ1v) is 6.95. The van der Waals surface area contributed by atoms with Crippen LogP contribution >= 0.6 is 27.3 Å². The molecule has 15 heavy (non-hydrogen) atoms. The molecule has 1 aliphatic rings. The lowest BCUT2D eigenvalue weighted by molar-refractivity contribution is -0.0124. The first-order valence-electron chi connectivity index (χ1n) is 5.28. The molecule has 0 radical (unpaired) electrons. The molecule has 2 atom stereocenters. The zero-order chi connectivity index (χ0) is 10.9. The number of nitrogens with one attached hydrogen (secondary N) is 1. The molecule has 84 valence electrons. The lowest BCUT2D eigenvalue weighted by atomic mass is 9.82. The SMILES string of the molecule is CC(O)(c1cc(Br)cs1)C1CCCNC1. The van der Waals surface area contributed by atoms with E-state index < -0.39 is 5.60 Å². The fraction of sp³-hybridized carbons (Fsp3) is 0.636. The molecule has 0 aliphatic carbocycles. The van der Waals surface area contributed by atoms with Gasteiger partial charge in [-0.15, -0.1) is 11.3 Å². The van der Waals surface area contributed by atoms with Crippen molar-refractivity contribution in [2.45, 2.75) is 25.4 Å². The molecule has 1 aromatic rings. The highest BCUT2D eigenvalue weighted by Crippen LogP contribution is 2.37. The Balaban J connectivity index is 2.17. The van der Waals surface area contributed by atoms with E-state index in [1.54, 1.807) is 11.3 Å². The molecule has 2 N–H and O–H groups in total. The van der Waals surface area contributed by atoms with Crippen LogP contribution < -0.4 is 5.32 Å². The quantitative estimate of drug-likeness (QED) is 0.878. The smallest absolute Gasteiger partial charge is 0.1000 e. The Kier molecular flexibility index (Phi) is 3.50. The average Bonchev–Trinajstić information content (AvgIpc) is 2.67. The highest BCUT2D eigenvalue weighted by atomic mass is 79.9. The molecule has 0 spiro atoms. The van der Waals surface area contributed by atoms with Gasteiger partial charge in [-0.3, -0.25) is 0 Å². The van der Waals surface area contributed by atoms with E-state index in [0.717, 1.165) is 35.3 Å². The second-order valence-electron chi connectivity index (χ2n) is 4.32. The van der Waals surface area contributed by atoms with Crippen molar-refractivity contribution in [2.75, 3.05) is 13.1 Å². The molecule has 1 aromatic heterocycles. The Morgan fingerprint density at radius 3 is 3.00 bits per heavy atom. The van der Waals surface area contributed by atoms with E-state index in [-0.39, 0.29) is 0 Å². The fourth-order valence-electron chi connectivity index (χ4n) is 2.11. The van der Waals surface area contributed by atoms with Gasteiger partial charge in [0.15, 0.2) is 0 Å². The van der Waals surface area contributed by atoms with Crippen molar-refractivity contribution in [1.29, 1.82) is 0 Å². The minimum absolute atomic E-state index is 0.330. The van der Waals surface area contributed by atoms with Gasteiger partial charge in [0.2, 0.25) is 0 Å². The van der Waals surface area contributed by atoms with Crippen molar-refractivity contribution in [3.8, 4) is 0 Å². The van der Waals surface area contributed by atoms with Crippen LogP contribution in [0.25, 0.3) is 0 Å². The maximum Gasteiger partial charge on any atom is 0.1000 e. The fourth-order valence-corrected chi connectivity index (χ4v) is 3.68. The Labute approximate surface area is 103 Å². The molecule has 2 rings (SSSR count). The van der Waals surface area contributed by atoms with Gasteiger partial charge in [0, 0.05) is 27.2 Å². The number of hydrogen-bond donors (Lipinski definition) is 2. The van der Waals surface area contributed by atoms with Crippen molar-refractivity contribution in [3.63, 3.8) is 0 Å². The summed E-state index contributed by atoms with van der Waals surface area (Å²) in [7, 11) is 0. The molecule has 2 nitrogen and oxygen atoms in total. The molecule has 0 amide bonds. The monoisotopic (exact) mass is 289 g/mol. The third-order valence-corrected chi connectivity index (χ3v) is 5.08. The minimum atomic E-state index is -0.690. The molecule has 2 heterocycles. The molecular weight excluding hydrogens is 274 g/mol. The standard InChI is InChI=1S/C11H16BrNOS/c1-11(14,8-3-2-4-13-6-8)10-5-9(12)7-15-10/h5,7-8,13-14H,2-4,6H2,1H3. The molecule has 1 aliphatic heterocycles. The Morgan fingerprint density at radius 2 is 2.47 bits per heavy atom. The summed E-state index contributed by atoms with van der Waals surface area (Å²) in [5.41, 5.74) is -0.690. The summed E-state index contributed by atoms with van der Waals surface area (Å²) in [4.78, 5) is 1.06. The first kappa shape index (κ1) is 11.6. The largest absolute Gasteiger partial charge is 0.384 e. The van der Waals surface area contributed by atoms with Gasteiger partial charge < -0.3 is 10.4 Å². The Hall–Kier alpha value is 0.1000. The van der Waals surface area contributed by atoms with E-state index in [9.17, 15) is 5.11 Å². The van der Waals surface area contributed by atoms with Gasteiger partial charge in [-0.25, -0.2) is 0 Å². The predicted octanol–water partition coefficient (Wildman–Crippen LogP) is 2.72. The van der Waals surface area contributed by atoms with Gasteiger partial charge in [-0.05, 0) is 48.3 Å². The third kappa shape index (κ3) is 2.44. The molecule has 1 saturated heterocycles. The van der Waals surface area contributed by atoms with Crippen molar-refractivity contribution in [3.05, 3.63) is 20.8 Å². The topological polar surface area (TPSA) is 32.3 Å². The van der Waals surface area contributed by atoms with Gasteiger partial charge in [0.05, 0.1) is 5.60 Å². The predicted molar refractivity (Wildman–Crippen MR) is 67.2 cm³/mol. The van der Waals surface area contributed by atoms with E-state index in [2.05, 4.69) is 21.2 Å². The van der Waals surface area contributed by atoms with Crippen molar-refractivity contribution < 1.29 is 5.11 Å². The van der Waals surface area contributed by atoms with Gasteiger partial charge in [0.1, 0.15) is 0 Å². The van der Waals surface area contributed by atoms with Crippen LogP contribution in [0.2, 0.25) is 0 Å². The summed E-state index contributed by atoms with van der Waals surface area (Å²) in [6.07, 6.45) is 2.27. The summed E-state index contributed by atoms with van der Waals surface area (Å²) < 4.78 is 1.06. The Bertz CT molecular complexity index is 331. The molecule has 0 saturated carbocycles. The number of hydrogen-bond acceptors (Lipinski definition) is 3. The lowest BCUT2D eigenvalue weighted by Crippen LogP contribution is -2.41. The number of rotatable bonds is 2. The molecule has 2 unspecified atom stereocenters. The molecule has 1 fully saturated rings. The number of piperidine rings is 1. The van der Waals surface area contributed by atoms with E-state index in [1.165, 1.54) is 0 Å². The maximum atomic E-state index is 10.6. The first-order chi connectivity index (χ1) is 7.10. The summed E-state index contributed by atoms with van der Waals surface area (Å²) in [5.74, 6) is 0.330. The minimum Gasteiger partial charge on any atom is -0.384 e. The average molecular weight is 290 g/mol. The van der Waals surface area contributed by atoms with Crippen LogP contribution in [0.4, 0.5) is 0 Å². The second kappa shape index (κ2) is 4.53. The zero-order valence-electron chi connectivity index (χ0n) is 8.79. The van der Waals surface area contributed by atoms with Gasteiger partial charge in [0.25, 0.3) is 0 Å². The summed E-state index contributed by atoms with van der Waals surface area (Å²) in [6.45, 7) is 3.94. The Morgan fingerprint density at radius 1 is 1.67 bits per heavy atom. The summed E-state index contributed by atoms with van der Waals surface area (Å²) in [6, 6.07) is 2.03. The normalized spacial score (nSPS) is 26.2. The molecule has 0 aromatic carbocycles. The summed E-state index contributed by atoms with van der Waals surface area (Å²) >= 11 is 5.06. The van der Waals surface area contributed by atoms with Crippen LogP contribution in [0, 0.1) is 5.92 Å². The van der Waals surface area contributed by atoms with Crippen molar-refractivity contribution in [2.24, 2.45) is 5.92 Å². The van der Waals surface area contributed by atoms with Gasteiger partial charge in [-0.2, -0.15) is 0 Å². The van der Waals surface area contributed by atoms with Gasteiger partial charge >= 0.3 is 0 Å². The van der Waals surface area contributed by atoms with Crippen LogP contribution in [0.1, 0.15) is 24.6 Å². The van der Waals surface area contributed by atoms with Crippen LogP contribution in [-0.2, 0) is 5.60 Å². The van der Waals surface area contributed by atoms with E-state index >= 15 is 0 Å². The van der Waals surface area contributed by atoms with Gasteiger partial charge in [-0.1, -0.05) is 0 Å². The summed E-state index contributed by atoms with van der Waals surface area (Å²) in [5, 5.41) is 16.0. The van der Waals surface area contributed by atoms with Crippen LogP contribution in [0.5, 0.6) is 0 Å². The number of aliphatic hydroxyl groups is 1. The van der Waals surface area contributed by atoms with Crippen LogP contribution in [0.15, 0.2) is 15.9 Å². The number of thiophene rings is 1. The van der Waals surface area contributed by atoms with Crippen molar-refractivity contribution in [1.82, 2.24) is 5.32 Å². The number of halogens is 1. The third-order valence-electron chi connectivity index (χ3n) is 3.16. The van der Waals surface area contributed by atoms with E-state index in [1.807, 2.05) is 18.4 Å². The molecular formula is C11H16BrNOS. The van der Waals surface area contributed by atoms with Crippen LogP contribution in [-0.4, -0.2) is 18.2 Å². The lowest BCUT2D eigenvalue weighted by Gasteiger charge is -2.35. The highest BCUT2D eigenvalue weighted by Gasteiger charge is 2.35. The maximum absolute atomic E-state index is 10.6. The van der Waals surface area contributed by atoms with E-state index in [0.29, 0.717) is 5.92 Å². The van der Waals surface area contributed by atoms with Crippen molar-refractivity contribution >= 4 is 27.3 Å². The van der Waals surface area contributed by atoms with E-state index in [4.69, 9.17) is 0 Å². The van der Waals surface area contributed by atoms with Crippen LogP contribution in [0.3, 0.4) is 0 Å². The second-order valence-corrected chi connectivity index (χ2v) is 6.15. The molecule has 0 bridgehead atoms. The zero-order valence-corrected chi connectivity index (χ0v) is 11.2. The molecule has 4 heteroatoms.